The zero-order valence-corrected chi connectivity index (χ0v) is 11.6. The normalized spacial score (nSPS) is 12.1. The van der Waals surface area contributed by atoms with Crippen molar-refractivity contribution in [3.63, 3.8) is 0 Å². The van der Waals surface area contributed by atoms with Gasteiger partial charge < -0.3 is 5.32 Å². The first kappa shape index (κ1) is 15.1. The van der Waals surface area contributed by atoms with Crippen molar-refractivity contribution < 1.29 is 12.8 Å². The average Bonchev–Trinajstić information content (AvgIpc) is 2.24. The van der Waals surface area contributed by atoms with Gasteiger partial charge in [-0.25, -0.2) is 17.5 Å². The number of halogens is 1. The SMILES string of the molecule is CCNCc1ccc(S(=O)(=O)NC(C)C)c(F)c1. The van der Waals surface area contributed by atoms with Crippen LogP contribution >= 0.6 is 0 Å². The van der Waals surface area contributed by atoms with E-state index in [-0.39, 0.29) is 10.9 Å². The molecule has 1 aromatic carbocycles. The zero-order chi connectivity index (χ0) is 13.8. The largest absolute Gasteiger partial charge is 0.313 e. The first-order chi connectivity index (χ1) is 8.36. The lowest BCUT2D eigenvalue weighted by Crippen LogP contribution is -2.30. The van der Waals surface area contributed by atoms with Gasteiger partial charge in [-0.2, -0.15) is 0 Å². The van der Waals surface area contributed by atoms with Crippen molar-refractivity contribution in [2.24, 2.45) is 0 Å². The highest BCUT2D eigenvalue weighted by atomic mass is 32.2. The highest BCUT2D eigenvalue weighted by Crippen LogP contribution is 2.16. The van der Waals surface area contributed by atoms with Crippen LogP contribution in [0.1, 0.15) is 26.3 Å². The molecule has 102 valence electrons. The van der Waals surface area contributed by atoms with Crippen LogP contribution in [0.3, 0.4) is 0 Å². The first-order valence-corrected chi connectivity index (χ1v) is 7.36. The Labute approximate surface area is 108 Å². The third-order valence-electron chi connectivity index (χ3n) is 2.26. The number of rotatable bonds is 6. The summed E-state index contributed by atoms with van der Waals surface area (Å²) in [6, 6.07) is 3.89. The van der Waals surface area contributed by atoms with Gasteiger partial charge in [0, 0.05) is 12.6 Å². The molecule has 0 unspecified atom stereocenters. The van der Waals surface area contributed by atoms with Gasteiger partial charge in [-0.1, -0.05) is 13.0 Å². The Morgan fingerprint density at radius 2 is 2.00 bits per heavy atom. The third kappa shape index (κ3) is 4.04. The summed E-state index contributed by atoms with van der Waals surface area (Å²) in [4.78, 5) is -0.309. The Morgan fingerprint density at radius 3 is 2.50 bits per heavy atom. The van der Waals surface area contributed by atoms with E-state index in [1.54, 1.807) is 19.9 Å². The van der Waals surface area contributed by atoms with E-state index in [4.69, 9.17) is 0 Å². The van der Waals surface area contributed by atoms with Gasteiger partial charge in [0.25, 0.3) is 0 Å². The Kier molecular flexibility index (Phi) is 5.25. The van der Waals surface area contributed by atoms with E-state index in [1.807, 2.05) is 6.92 Å². The number of benzene rings is 1. The molecule has 6 heteroatoms. The van der Waals surface area contributed by atoms with Crippen LogP contribution in [0.2, 0.25) is 0 Å². The van der Waals surface area contributed by atoms with Crippen molar-refractivity contribution in [3.05, 3.63) is 29.6 Å². The van der Waals surface area contributed by atoms with Crippen LogP contribution < -0.4 is 10.0 Å². The molecule has 0 atom stereocenters. The highest BCUT2D eigenvalue weighted by Gasteiger charge is 2.19. The van der Waals surface area contributed by atoms with Crippen molar-refractivity contribution >= 4 is 10.0 Å². The van der Waals surface area contributed by atoms with E-state index in [9.17, 15) is 12.8 Å². The van der Waals surface area contributed by atoms with Crippen LogP contribution in [0, 0.1) is 5.82 Å². The fourth-order valence-electron chi connectivity index (χ4n) is 1.52. The van der Waals surface area contributed by atoms with Crippen molar-refractivity contribution in [2.75, 3.05) is 6.54 Å². The maximum Gasteiger partial charge on any atom is 0.243 e. The fourth-order valence-corrected chi connectivity index (χ4v) is 2.83. The van der Waals surface area contributed by atoms with Crippen molar-refractivity contribution in [1.82, 2.24) is 10.0 Å². The molecule has 0 bridgehead atoms. The molecule has 0 radical (unpaired) electrons. The molecule has 0 amide bonds. The van der Waals surface area contributed by atoms with Crippen LogP contribution in [0.4, 0.5) is 4.39 Å². The molecule has 0 fully saturated rings. The second kappa shape index (κ2) is 6.26. The summed E-state index contributed by atoms with van der Waals surface area (Å²) in [5.74, 6) is -0.724. The van der Waals surface area contributed by atoms with Crippen LogP contribution in [0.15, 0.2) is 23.1 Å². The predicted molar refractivity (Wildman–Crippen MR) is 69.2 cm³/mol. The molecule has 0 spiro atoms. The standard InChI is InChI=1S/C12H19FN2O2S/c1-4-14-8-10-5-6-12(11(13)7-10)18(16,17)15-9(2)3/h5-7,9,14-15H,4,8H2,1-3H3. The minimum atomic E-state index is -3.77. The van der Waals surface area contributed by atoms with Crippen LogP contribution in [-0.2, 0) is 16.6 Å². The van der Waals surface area contributed by atoms with E-state index in [2.05, 4.69) is 10.0 Å². The molecule has 0 saturated carbocycles. The maximum absolute atomic E-state index is 13.8. The second-order valence-electron chi connectivity index (χ2n) is 4.32. The molecule has 0 aliphatic heterocycles. The lowest BCUT2D eigenvalue weighted by atomic mass is 10.2. The van der Waals surface area contributed by atoms with Gasteiger partial charge in [0.05, 0.1) is 0 Å². The van der Waals surface area contributed by atoms with E-state index < -0.39 is 15.8 Å². The minimum absolute atomic E-state index is 0.268. The summed E-state index contributed by atoms with van der Waals surface area (Å²) in [6.45, 7) is 6.62. The molecule has 18 heavy (non-hydrogen) atoms. The number of hydrogen-bond acceptors (Lipinski definition) is 3. The summed E-state index contributed by atoms with van der Waals surface area (Å²) >= 11 is 0. The number of nitrogens with one attached hydrogen (secondary N) is 2. The van der Waals surface area contributed by atoms with E-state index in [1.165, 1.54) is 12.1 Å². The molecule has 0 aliphatic rings. The molecule has 0 heterocycles. The Morgan fingerprint density at radius 1 is 1.33 bits per heavy atom. The summed E-state index contributed by atoms with van der Waals surface area (Å²) in [5, 5.41) is 3.05. The summed E-state index contributed by atoms with van der Waals surface area (Å²) in [5.41, 5.74) is 0.720. The van der Waals surface area contributed by atoms with Crippen molar-refractivity contribution in [2.45, 2.75) is 38.3 Å². The van der Waals surface area contributed by atoms with Gasteiger partial charge in [-0.05, 0) is 38.1 Å². The third-order valence-corrected chi connectivity index (χ3v) is 3.95. The van der Waals surface area contributed by atoms with E-state index in [0.717, 1.165) is 12.1 Å². The van der Waals surface area contributed by atoms with Crippen molar-refractivity contribution in [1.29, 1.82) is 0 Å². The smallest absolute Gasteiger partial charge is 0.243 e. The predicted octanol–water partition coefficient (Wildman–Crippen LogP) is 1.62. The molecular weight excluding hydrogens is 255 g/mol. The summed E-state index contributed by atoms with van der Waals surface area (Å²) < 4.78 is 39.8. The zero-order valence-electron chi connectivity index (χ0n) is 10.8. The molecule has 0 saturated heterocycles. The fraction of sp³-hybridized carbons (Fsp3) is 0.500. The van der Waals surface area contributed by atoms with Gasteiger partial charge >= 0.3 is 0 Å². The topological polar surface area (TPSA) is 58.2 Å². The van der Waals surface area contributed by atoms with E-state index >= 15 is 0 Å². The van der Waals surface area contributed by atoms with Gasteiger partial charge in [0.15, 0.2) is 0 Å². The Balaban J connectivity index is 2.98. The second-order valence-corrected chi connectivity index (χ2v) is 6.00. The lowest BCUT2D eigenvalue weighted by molar-refractivity contribution is 0.547. The quantitative estimate of drug-likeness (QED) is 0.829. The number of sulfonamides is 1. The van der Waals surface area contributed by atoms with Crippen molar-refractivity contribution in [3.8, 4) is 0 Å². The van der Waals surface area contributed by atoms with E-state index in [0.29, 0.717) is 6.54 Å². The van der Waals surface area contributed by atoms with Gasteiger partial charge in [-0.3, -0.25) is 0 Å². The summed E-state index contributed by atoms with van der Waals surface area (Å²) in [7, 11) is -3.77. The summed E-state index contributed by atoms with van der Waals surface area (Å²) in [6.07, 6.45) is 0. The Hall–Kier alpha value is -0.980. The van der Waals surface area contributed by atoms with Crippen LogP contribution in [0.25, 0.3) is 0 Å². The van der Waals surface area contributed by atoms with Crippen LogP contribution in [-0.4, -0.2) is 21.0 Å². The lowest BCUT2D eigenvalue weighted by Gasteiger charge is -2.11. The molecule has 2 N–H and O–H groups in total. The van der Waals surface area contributed by atoms with Gasteiger partial charge in [0.2, 0.25) is 10.0 Å². The maximum atomic E-state index is 13.8. The Bertz CT molecular complexity index is 501. The highest BCUT2D eigenvalue weighted by molar-refractivity contribution is 7.89. The van der Waals surface area contributed by atoms with Crippen LogP contribution in [0.5, 0.6) is 0 Å². The molecule has 1 rings (SSSR count). The molecular formula is C12H19FN2O2S. The molecule has 0 aliphatic carbocycles. The van der Waals surface area contributed by atoms with Gasteiger partial charge in [0.1, 0.15) is 10.7 Å². The first-order valence-electron chi connectivity index (χ1n) is 5.88. The van der Waals surface area contributed by atoms with Gasteiger partial charge in [-0.15, -0.1) is 0 Å². The average molecular weight is 274 g/mol. The monoisotopic (exact) mass is 274 g/mol. The number of hydrogen-bond donors (Lipinski definition) is 2. The molecule has 4 nitrogen and oxygen atoms in total. The molecule has 0 aromatic heterocycles. The molecule has 1 aromatic rings. The minimum Gasteiger partial charge on any atom is -0.313 e.